The lowest BCUT2D eigenvalue weighted by Crippen LogP contribution is -2.49. The molecule has 2 aliphatic heterocycles. The second-order valence-electron chi connectivity index (χ2n) is 5.60. The number of hydrogen-bond donors (Lipinski definition) is 0. The lowest BCUT2D eigenvalue weighted by molar-refractivity contribution is -0.123. The van der Waals surface area contributed by atoms with Crippen molar-refractivity contribution in [1.82, 2.24) is 9.80 Å². The average Bonchev–Trinajstić information content (AvgIpc) is 2.39. The van der Waals surface area contributed by atoms with Gasteiger partial charge in [-0.3, -0.25) is 14.6 Å². The Hall–Kier alpha value is -0.450. The van der Waals surface area contributed by atoms with Crippen LogP contribution >= 0.6 is 0 Å². The monoisotopic (exact) mass is 254 g/mol. The van der Waals surface area contributed by atoms with Crippen LogP contribution < -0.4 is 0 Å². The van der Waals surface area contributed by atoms with Crippen molar-refractivity contribution in [2.45, 2.75) is 32.8 Å². The highest BCUT2D eigenvalue weighted by atomic mass is 16.5. The van der Waals surface area contributed by atoms with Gasteiger partial charge < -0.3 is 4.74 Å². The van der Waals surface area contributed by atoms with E-state index in [0.717, 1.165) is 58.7 Å². The zero-order valence-corrected chi connectivity index (χ0v) is 11.7. The summed E-state index contributed by atoms with van der Waals surface area (Å²) in [7, 11) is 0. The summed E-state index contributed by atoms with van der Waals surface area (Å²) in [5, 5.41) is 0. The van der Waals surface area contributed by atoms with Gasteiger partial charge in [-0.15, -0.1) is 0 Å². The fourth-order valence-corrected chi connectivity index (χ4v) is 3.02. The van der Waals surface area contributed by atoms with Crippen LogP contribution in [-0.2, 0) is 9.53 Å². The van der Waals surface area contributed by atoms with Gasteiger partial charge in [0.15, 0.2) is 0 Å². The molecule has 2 atom stereocenters. The minimum absolute atomic E-state index is 0.254. The molecule has 2 unspecified atom stereocenters. The number of ether oxygens (including phenoxy) is 1. The molecule has 2 fully saturated rings. The number of Topliss-reactive ketones (excluding diaryl/α,β-unsaturated/α-hetero) is 1. The number of ketones is 1. The molecule has 0 spiro atoms. The number of piperidine rings is 1. The minimum Gasteiger partial charge on any atom is -0.374 e. The van der Waals surface area contributed by atoms with E-state index in [0.29, 0.717) is 11.9 Å². The van der Waals surface area contributed by atoms with E-state index < -0.39 is 0 Å². The van der Waals surface area contributed by atoms with Crippen LogP contribution in [0.3, 0.4) is 0 Å². The quantitative estimate of drug-likeness (QED) is 0.749. The van der Waals surface area contributed by atoms with Gasteiger partial charge in [0, 0.05) is 32.1 Å². The van der Waals surface area contributed by atoms with Crippen molar-refractivity contribution >= 4 is 5.78 Å². The van der Waals surface area contributed by atoms with Crippen molar-refractivity contribution in [3.63, 3.8) is 0 Å². The normalized spacial score (nSPS) is 31.4. The molecular formula is C14H26N2O2. The van der Waals surface area contributed by atoms with Crippen LogP contribution in [0.1, 0.15) is 26.7 Å². The fraction of sp³-hybridized carbons (Fsp3) is 0.929. The van der Waals surface area contributed by atoms with Crippen LogP contribution in [0.25, 0.3) is 0 Å². The Balaban J connectivity index is 1.79. The Morgan fingerprint density at radius 1 is 1.28 bits per heavy atom. The highest BCUT2D eigenvalue weighted by Crippen LogP contribution is 2.18. The number of hydrogen-bond acceptors (Lipinski definition) is 4. The molecule has 4 nitrogen and oxygen atoms in total. The maximum atomic E-state index is 11.5. The number of likely N-dealkylation sites (tertiary alicyclic amines) is 1. The molecule has 0 saturated carbocycles. The molecule has 2 heterocycles. The van der Waals surface area contributed by atoms with E-state index in [2.05, 4.69) is 16.7 Å². The third-order valence-corrected chi connectivity index (χ3v) is 4.21. The van der Waals surface area contributed by atoms with Crippen molar-refractivity contribution in [3.05, 3.63) is 0 Å². The third-order valence-electron chi connectivity index (χ3n) is 4.21. The molecule has 0 aromatic rings. The topological polar surface area (TPSA) is 32.8 Å². The Labute approximate surface area is 110 Å². The van der Waals surface area contributed by atoms with Crippen LogP contribution in [0.4, 0.5) is 0 Å². The summed E-state index contributed by atoms with van der Waals surface area (Å²) in [5.41, 5.74) is 0. The number of morpholine rings is 1. The highest BCUT2D eigenvalue weighted by molar-refractivity contribution is 5.78. The molecule has 0 aliphatic carbocycles. The summed E-state index contributed by atoms with van der Waals surface area (Å²) in [6, 6.07) is 0. The maximum absolute atomic E-state index is 11.5. The minimum atomic E-state index is 0.254. The molecular weight excluding hydrogens is 228 g/mol. The zero-order valence-electron chi connectivity index (χ0n) is 11.7. The number of nitrogens with zero attached hydrogens (tertiary/aromatic N) is 2. The molecule has 2 rings (SSSR count). The van der Waals surface area contributed by atoms with Crippen LogP contribution in [0.2, 0.25) is 0 Å². The number of likely N-dealkylation sites (N-methyl/N-ethyl adjacent to an activating group) is 1. The lowest BCUT2D eigenvalue weighted by Gasteiger charge is -2.37. The van der Waals surface area contributed by atoms with Crippen LogP contribution in [-0.4, -0.2) is 67.6 Å². The summed E-state index contributed by atoms with van der Waals surface area (Å²) >= 11 is 0. The summed E-state index contributed by atoms with van der Waals surface area (Å²) in [5.74, 6) is 0.601. The second kappa shape index (κ2) is 6.64. The first-order valence-electron chi connectivity index (χ1n) is 7.25. The molecule has 2 aliphatic rings. The zero-order chi connectivity index (χ0) is 13.0. The third kappa shape index (κ3) is 3.77. The Morgan fingerprint density at radius 3 is 2.83 bits per heavy atom. The van der Waals surface area contributed by atoms with Crippen molar-refractivity contribution < 1.29 is 9.53 Å². The molecule has 0 aromatic heterocycles. The van der Waals surface area contributed by atoms with Gasteiger partial charge in [-0.25, -0.2) is 0 Å². The fourth-order valence-electron chi connectivity index (χ4n) is 3.02. The molecule has 4 heteroatoms. The maximum Gasteiger partial charge on any atom is 0.134 e. The van der Waals surface area contributed by atoms with Gasteiger partial charge in [-0.2, -0.15) is 0 Å². The molecule has 18 heavy (non-hydrogen) atoms. The predicted octanol–water partition coefficient (Wildman–Crippen LogP) is 1.01. The van der Waals surface area contributed by atoms with Crippen LogP contribution in [0.15, 0.2) is 0 Å². The Bertz CT molecular complexity index is 283. The lowest BCUT2D eigenvalue weighted by atomic mass is 9.94. The number of carbonyl (C=O) groups excluding carboxylic acids is 1. The molecule has 0 bridgehead atoms. The van der Waals surface area contributed by atoms with Gasteiger partial charge >= 0.3 is 0 Å². The molecule has 0 N–H and O–H groups in total. The smallest absolute Gasteiger partial charge is 0.134 e. The first kappa shape index (κ1) is 14.0. The van der Waals surface area contributed by atoms with E-state index >= 15 is 0 Å². The van der Waals surface area contributed by atoms with Gasteiger partial charge in [0.2, 0.25) is 0 Å². The van der Waals surface area contributed by atoms with Crippen molar-refractivity contribution in [3.8, 4) is 0 Å². The summed E-state index contributed by atoms with van der Waals surface area (Å²) in [6.07, 6.45) is 2.54. The van der Waals surface area contributed by atoms with E-state index in [1.165, 1.54) is 0 Å². The largest absolute Gasteiger partial charge is 0.374 e. The molecule has 0 radical (unpaired) electrons. The van der Waals surface area contributed by atoms with E-state index in [-0.39, 0.29) is 5.92 Å². The summed E-state index contributed by atoms with van der Waals surface area (Å²) < 4.78 is 5.84. The van der Waals surface area contributed by atoms with E-state index in [9.17, 15) is 4.79 Å². The van der Waals surface area contributed by atoms with Gasteiger partial charge in [0.25, 0.3) is 0 Å². The van der Waals surface area contributed by atoms with Crippen molar-refractivity contribution in [2.24, 2.45) is 5.92 Å². The van der Waals surface area contributed by atoms with Crippen molar-refractivity contribution in [2.75, 3.05) is 45.9 Å². The molecule has 2 saturated heterocycles. The van der Waals surface area contributed by atoms with Gasteiger partial charge in [-0.1, -0.05) is 6.92 Å². The van der Waals surface area contributed by atoms with E-state index in [1.54, 1.807) is 6.92 Å². The number of carbonyl (C=O) groups is 1. The van der Waals surface area contributed by atoms with Crippen molar-refractivity contribution in [1.29, 1.82) is 0 Å². The first-order valence-corrected chi connectivity index (χ1v) is 7.25. The van der Waals surface area contributed by atoms with Gasteiger partial charge in [-0.05, 0) is 32.9 Å². The standard InChI is InChI=1S/C14H26N2O2/c1-3-15-7-8-18-14(10-15)11-16-6-4-5-13(9-16)12(2)17/h13-14H,3-11H2,1-2H3. The van der Waals surface area contributed by atoms with Crippen LogP contribution in [0, 0.1) is 5.92 Å². The van der Waals surface area contributed by atoms with Gasteiger partial charge in [0.1, 0.15) is 5.78 Å². The first-order chi connectivity index (χ1) is 8.69. The summed E-state index contributed by atoms with van der Waals surface area (Å²) in [4.78, 5) is 16.3. The second-order valence-corrected chi connectivity index (χ2v) is 5.60. The average molecular weight is 254 g/mol. The Kier molecular flexibility index (Phi) is 5.15. The van der Waals surface area contributed by atoms with Crippen LogP contribution in [0.5, 0.6) is 0 Å². The highest BCUT2D eigenvalue weighted by Gasteiger charge is 2.27. The molecule has 104 valence electrons. The molecule has 0 aromatic carbocycles. The Morgan fingerprint density at radius 2 is 2.11 bits per heavy atom. The number of rotatable bonds is 4. The summed E-state index contributed by atoms with van der Waals surface area (Å²) in [6.45, 7) is 11.0. The van der Waals surface area contributed by atoms with E-state index in [1.807, 2.05) is 0 Å². The van der Waals surface area contributed by atoms with Gasteiger partial charge in [0.05, 0.1) is 12.7 Å². The predicted molar refractivity (Wildman–Crippen MR) is 71.7 cm³/mol. The molecule has 0 amide bonds. The SMILES string of the molecule is CCN1CCOC(CN2CCCC(C(C)=O)C2)C1. The van der Waals surface area contributed by atoms with E-state index in [4.69, 9.17) is 4.74 Å².